The van der Waals surface area contributed by atoms with Crippen molar-refractivity contribution in [2.75, 3.05) is 0 Å². The predicted octanol–water partition coefficient (Wildman–Crippen LogP) is 6.77. The van der Waals surface area contributed by atoms with Crippen molar-refractivity contribution in [3.8, 4) is 12.1 Å². The Morgan fingerprint density at radius 1 is 0.327 bits per heavy atom. The van der Waals surface area contributed by atoms with E-state index in [0.717, 1.165) is 65.9 Å². The first-order chi connectivity index (χ1) is 26.7. The molecule has 14 nitrogen and oxygen atoms in total. The van der Waals surface area contributed by atoms with Crippen LogP contribution in [0, 0.1) is 22.7 Å². The number of pyridine rings is 2. The third kappa shape index (κ3) is 6.27. The van der Waals surface area contributed by atoms with Crippen molar-refractivity contribution >= 4 is 88.0 Å². The molecule has 0 aliphatic rings. The van der Waals surface area contributed by atoms with Gasteiger partial charge in [-0.3, -0.25) is 49.8 Å². The van der Waals surface area contributed by atoms with Crippen molar-refractivity contribution in [1.29, 1.82) is 10.5 Å². The summed E-state index contributed by atoms with van der Waals surface area (Å²) in [5, 5.41) is 20.2. The Labute approximate surface area is 322 Å². The number of rotatable bonds is 0. The van der Waals surface area contributed by atoms with E-state index in [1.54, 1.807) is 74.1 Å². The van der Waals surface area contributed by atoms with E-state index in [-0.39, 0.29) is 19.5 Å². The molecule has 0 atom stereocenters. The van der Waals surface area contributed by atoms with Crippen LogP contribution in [0.3, 0.4) is 0 Å². The number of nitriles is 2. The third-order valence-corrected chi connectivity index (χ3v) is 8.55. The van der Waals surface area contributed by atoms with E-state index in [1.807, 2.05) is 60.7 Å². The van der Waals surface area contributed by atoms with E-state index < -0.39 is 0 Å². The number of fused-ring (bicyclic) bond motifs is 13. The van der Waals surface area contributed by atoms with E-state index in [9.17, 15) is 10.5 Å². The summed E-state index contributed by atoms with van der Waals surface area (Å²) in [6, 6.07) is 22.5. The topological polar surface area (TPSA) is 202 Å². The number of benzene rings is 4. The molecule has 11 rings (SSSR count). The molecule has 0 fully saturated rings. The fraction of sp³-hybridized carbons (Fsp3) is 0. The van der Waals surface area contributed by atoms with Gasteiger partial charge in [0.25, 0.3) is 0 Å². The molecule has 0 saturated carbocycles. The molecule has 55 heavy (non-hydrogen) atoms. The molecule has 0 radical (unpaired) electrons. The van der Waals surface area contributed by atoms with Crippen molar-refractivity contribution in [3.63, 3.8) is 0 Å². The molecule has 0 aliphatic heterocycles. The zero-order valence-electron chi connectivity index (χ0n) is 28.2. The van der Waals surface area contributed by atoms with Crippen molar-refractivity contribution in [1.82, 2.24) is 59.8 Å². The maximum Gasteiger partial charge on any atom is 0.116 e. The van der Waals surface area contributed by atoms with Gasteiger partial charge in [0.2, 0.25) is 0 Å². The van der Waals surface area contributed by atoms with Crippen LogP contribution in [0.4, 0.5) is 0 Å². The molecule has 0 bridgehead atoms. The molecule has 0 unspecified atom stereocenters. The smallest absolute Gasteiger partial charge is 0.116 e. The summed E-state index contributed by atoms with van der Waals surface area (Å²) < 4.78 is 0. The van der Waals surface area contributed by atoms with Crippen molar-refractivity contribution in [3.05, 3.63) is 134 Å². The summed E-state index contributed by atoms with van der Waals surface area (Å²) in [5.74, 6) is 0. The first-order valence-corrected chi connectivity index (χ1v) is 16.4. The van der Waals surface area contributed by atoms with Crippen LogP contribution in [-0.2, 0) is 19.5 Å². The standard InChI is InChI=1S/C20H8N6.2C10H6N4.Ru/c21-9-11-7-15-16(8-12(11)10-22)26-20-14-4-2-6-24-18(14)17-13(19(20)25-15)3-1-5-23-17;2*1-2-8-10(14-6-4-12-8)9-7(1)11-3-5-13-9;/h1-8H;2*1-6H;. The van der Waals surface area contributed by atoms with E-state index >= 15 is 0 Å². The van der Waals surface area contributed by atoms with E-state index in [2.05, 4.69) is 49.8 Å². The summed E-state index contributed by atoms with van der Waals surface area (Å²) in [4.78, 5) is 52.2. The van der Waals surface area contributed by atoms with Gasteiger partial charge in [0.15, 0.2) is 0 Å². The van der Waals surface area contributed by atoms with Crippen LogP contribution >= 0.6 is 0 Å². The van der Waals surface area contributed by atoms with E-state index in [0.29, 0.717) is 33.2 Å². The first kappa shape index (κ1) is 34.4. The van der Waals surface area contributed by atoms with Crippen LogP contribution in [0.5, 0.6) is 0 Å². The van der Waals surface area contributed by atoms with Crippen molar-refractivity contribution < 1.29 is 19.5 Å². The monoisotopic (exact) mass is 798 g/mol. The zero-order chi connectivity index (χ0) is 36.4. The molecule has 7 aromatic heterocycles. The van der Waals surface area contributed by atoms with Crippen LogP contribution < -0.4 is 0 Å². The molecule has 0 amide bonds. The maximum absolute atomic E-state index is 9.27. The quantitative estimate of drug-likeness (QED) is 0.0884. The molecule has 0 spiro atoms. The van der Waals surface area contributed by atoms with Gasteiger partial charge >= 0.3 is 0 Å². The van der Waals surface area contributed by atoms with Gasteiger partial charge in [0, 0.05) is 92.2 Å². The minimum Gasteiger partial charge on any atom is -0.254 e. The summed E-state index contributed by atoms with van der Waals surface area (Å²) in [6.45, 7) is 0. The maximum atomic E-state index is 9.27. The van der Waals surface area contributed by atoms with Crippen LogP contribution in [0.1, 0.15) is 11.1 Å². The van der Waals surface area contributed by atoms with Crippen LogP contribution in [0.2, 0.25) is 0 Å². The molecular weight excluding hydrogens is 778 g/mol. The number of hydrogen-bond acceptors (Lipinski definition) is 14. The van der Waals surface area contributed by atoms with E-state index in [1.165, 1.54) is 0 Å². The first-order valence-electron chi connectivity index (χ1n) is 16.4. The van der Waals surface area contributed by atoms with Crippen molar-refractivity contribution in [2.24, 2.45) is 0 Å². The number of nitrogens with zero attached hydrogens (tertiary/aromatic N) is 14. The third-order valence-electron chi connectivity index (χ3n) is 8.55. The molecule has 11 aromatic rings. The van der Waals surface area contributed by atoms with Gasteiger partial charge in [-0.25, -0.2) is 9.97 Å². The minimum atomic E-state index is 0. The van der Waals surface area contributed by atoms with Crippen molar-refractivity contribution in [2.45, 2.75) is 0 Å². The van der Waals surface area contributed by atoms with Gasteiger partial charge in [-0.05, 0) is 60.7 Å². The molecule has 0 aliphatic carbocycles. The van der Waals surface area contributed by atoms with Crippen LogP contribution in [0.15, 0.2) is 123 Å². The van der Waals surface area contributed by atoms with Gasteiger partial charge in [0.05, 0.1) is 66.3 Å². The molecule has 258 valence electrons. The normalized spacial score (nSPS) is 10.7. The van der Waals surface area contributed by atoms with Gasteiger partial charge in [-0.15, -0.1) is 0 Å². The Hall–Kier alpha value is -7.74. The molecule has 7 heterocycles. The Morgan fingerprint density at radius 2 is 0.636 bits per heavy atom. The fourth-order valence-corrected chi connectivity index (χ4v) is 6.16. The number of hydrogen-bond donors (Lipinski definition) is 0. The summed E-state index contributed by atoms with van der Waals surface area (Å²) in [5.41, 5.74) is 11.3. The SMILES string of the molecule is N#Cc1cc2nc3c4cccnc4c4ncccc4c3nc2cc1C#N.[Ru].c1cnc2c(ccc3nccnc32)n1.c1cnc2c(ccc3nccnc32)n1. The van der Waals surface area contributed by atoms with Crippen LogP contribution in [-0.4, -0.2) is 59.8 Å². The Kier molecular flexibility index (Phi) is 9.19. The molecular formula is C40H20N14Ru. The molecule has 0 N–H and O–H groups in total. The minimum absolute atomic E-state index is 0. The predicted molar refractivity (Wildman–Crippen MR) is 202 cm³/mol. The van der Waals surface area contributed by atoms with Gasteiger partial charge in [0.1, 0.15) is 34.2 Å². The van der Waals surface area contributed by atoms with Gasteiger partial charge in [-0.2, -0.15) is 10.5 Å². The zero-order valence-corrected chi connectivity index (χ0v) is 29.9. The second-order valence-corrected chi connectivity index (χ2v) is 11.7. The largest absolute Gasteiger partial charge is 0.254 e. The van der Waals surface area contributed by atoms with Gasteiger partial charge in [-0.1, -0.05) is 0 Å². The molecule has 0 saturated heterocycles. The average molecular weight is 798 g/mol. The van der Waals surface area contributed by atoms with Gasteiger partial charge < -0.3 is 0 Å². The van der Waals surface area contributed by atoms with Crippen LogP contribution in [0.25, 0.3) is 88.0 Å². The second kappa shape index (κ2) is 14.7. The second-order valence-electron chi connectivity index (χ2n) is 11.7. The average Bonchev–Trinajstić information content (AvgIpc) is 3.25. The Morgan fingerprint density at radius 3 is 0.964 bits per heavy atom. The summed E-state index contributed by atoms with van der Waals surface area (Å²) in [6.07, 6.45) is 16.8. The summed E-state index contributed by atoms with van der Waals surface area (Å²) >= 11 is 0. The molecule has 15 heteroatoms. The number of aromatic nitrogens is 12. The van der Waals surface area contributed by atoms with E-state index in [4.69, 9.17) is 9.97 Å². The fourth-order valence-electron chi connectivity index (χ4n) is 6.16. The Bertz CT molecular complexity index is 3010. The molecule has 4 aromatic carbocycles. The Balaban J connectivity index is 0.000000125. The summed E-state index contributed by atoms with van der Waals surface area (Å²) in [7, 11) is 0.